The van der Waals surface area contributed by atoms with E-state index in [1.54, 1.807) is 24.3 Å². The number of hydrogen-bond acceptors (Lipinski definition) is 5. The van der Waals surface area contributed by atoms with Crippen LogP contribution in [0.25, 0.3) is 0 Å². The van der Waals surface area contributed by atoms with Crippen molar-refractivity contribution < 1.29 is 23.9 Å². The van der Waals surface area contributed by atoms with Crippen molar-refractivity contribution in [3.05, 3.63) is 78.4 Å². The van der Waals surface area contributed by atoms with Crippen LogP contribution in [0.3, 0.4) is 0 Å². The number of allylic oxidation sites excluding steroid dienone is 2. The Labute approximate surface area is 203 Å². The van der Waals surface area contributed by atoms with Crippen LogP contribution in [0, 0.1) is 35.5 Å². The van der Waals surface area contributed by atoms with Crippen molar-refractivity contribution in [2.75, 3.05) is 11.9 Å². The van der Waals surface area contributed by atoms with Crippen molar-refractivity contribution in [2.24, 2.45) is 35.5 Å². The molecule has 35 heavy (non-hydrogen) atoms. The summed E-state index contributed by atoms with van der Waals surface area (Å²) in [5.41, 5.74) is 1.40. The van der Waals surface area contributed by atoms with E-state index in [0.29, 0.717) is 17.5 Å². The first kappa shape index (κ1) is 21.8. The number of likely N-dealkylation sites (tertiary alicyclic amines) is 1. The van der Waals surface area contributed by atoms with Crippen LogP contribution in [0.2, 0.25) is 0 Å². The molecule has 7 atom stereocenters. The second-order valence-electron chi connectivity index (χ2n) is 9.93. The Hall–Kier alpha value is -3.74. The number of carbonyl (C=O) groups excluding carboxylic acids is 4. The predicted molar refractivity (Wildman–Crippen MR) is 127 cm³/mol. The number of esters is 1. The van der Waals surface area contributed by atoms with Gasteiger partial charge in [-0.25, -0.2) is 4.79 Å². The van der Waals surface area contributed by atoms with E-state index < -0.39 is 36.4 Å². The molecule has 0 aromatic heterocycles. The van der Waals surface area contributed by atoms with Crippen LogP contribution >= 0.6 is 0 Å². The van der Waals surface area contributed by atoms with E-state index in [-0.39, 0.29) is 30.1 Å². The Morgan fingerprint density at radius 1 is 0.886 bits per heavy atom. The van der Waals surface area contributed by atoms with Crippen LogP contribution in [0.1, 0.15) is 12.0 Å². The van der Waals surface area contributed by atoms with Gasteiger partial charge in [-0.05, 0) is 47.8 Å². The minimum Gasteiger partial charge on any atom is -0.454 e. The summed E-state index contributed by atoms with van der Waals surface area (Å²) in [5, 5.41) is 2.67. The molecule has 0 radical (unpaired) electrons. The van der Waals surface area contributed by atoms with Crippen molar-refractivity contribution in [3.8, 4) is 0 Å². The van der Waals surface area contributed by atoms with Crippen LogP contribution < -0.4 is 5.32 Å². The lowest BCUT2D eigenvalue weighted by Crippen LogP contribution is -2.48. The molecule has 1 saturated heterocycles. The van der Waals surface area contributed by atoms with Gasteiger partial charge >= 0.3 is 5.97 Å². The van der Waals surface area contributed by atoms with Gasteiger partial charge in [0.1, 0.15) is 6.04 Å². The summed E-state index contributed by atoms with van der Waals surface area (Å²) < 4.78 is 5.36. The van der Waals surface area contributed by atoms with Crippen molar-refractivity contribution >= 4 is 29.4 Å². The first-order valence-electron chi connectivity index (χ1n) is 12.1. The normalized spacial score (nSPS) is 30.5. The maximum Gasteiger partial charge on any atom is 0.330 e. The number of nitrogens with zero attached hydrogens (tertiary/aromatic N) is 1. The van der Waals surface area contributed by atoms with Crippen LogP contribution in [0.15, 0.2) is 72.8 Å². The molecule has 7 heteroatoms. The van der Waals surface area contributed by atoms with Gasteiger partial charge in [-0.15, -0.1) is 0 Å². The molecule has 0 unspecified atom stereocenters. The third-order valence-corrected chi connectivity index (χ3v) is 7.96. The van der Waals surface area contributed by atoms with E-state index in [4.69, 9.17) is 4.74 Å². The maximum atomic E-state index is 13.6. The average molecular weight is 471 g/mol. The van der Waals surface area contributed by atoms with E-state index >= 15 is 0 Å². The molecule has 4 aliphatic carbocycles. The zero-order chi connectivity index (χ0) is 24.1. The molecule has 178 valence electrons. The average Bonchev–Trinajstić information content (AvgIpc) is 3.66. The number of nitrogens with one attached hydrogen (secondary N) is 1. The second kappa shape index (κ2) is 8.48. The number of imide groups is 1. The fourth-order valence-corrected chi connectivity index (χ4v) is 6.36. The summed E-state index contributed by atoms with van der Waals surface area (Å²) in [7, 11) is 0. The first-order valence-corrected chi connectivity index (χ1v) is 12.1. The smallest absolute Gasteiger partial charge is 0.330 e. The summed E-state index contributed by atoms with van der Waals surface area (Å²) in [4.78, 5) is 54.0. The molecule has 7 nitrogen and oxygen atoms in total. The van der Waals surface area contributed by atoms with E-state index in [0.717, 1.165) is 16.9 Å². The van der Waals surface area contributed by atoms with Crippen molar-refractivity contribution in [2.45, 2.75) is 18.9 Å². The Morgan fingerprint density at radius 3 is 2.06 bits per heavy atom. The standard InChI is InChI=1S/C28H26N2O5/c31-23(29-17-9-5-2-6-10-17)15-35-28(34)22(13-16-7-3-1-4-8-16)30-26(32)24-18-11-12-19(21-14-20(18)21)25(24)27(30)33/h1-12,18-22,24-25H,13-15H2,(H,29,31)/t18-,19-,20-,21-,22-,24-,25+/m1/s1. The first-order chi connectivity index (χ1) is 17.0. The number of ether oxygens (including phenoxy) is 1. The van der Waals surface area contributed by atoms with Gasteiger partial charge in [-0.2, -0.15) is 0 Å². The number of hydrogen-bond donors (Lipinski definition) is 1. The molecule has 3 amide bonds. The van der Waals surface area contributed by atoms with Gasteiger partial charge in [-0.3, -0.25) is 19.3 Å². The highest BCUT2D eigenvalue weighted by Gasteiger charge is 2.68. The van der Waals surface area contributed by atoms with E-state index in [9.17, 15) is 19.2 Å². The summed E-state index contributed by atoms with van der Waals surface area (Å²) >= 11 is 0. The molecule has 1 heterocycles. The van der Waals surface area contributed by atoms with Crippen LogP contribution in [0.5, 0.6) is 0 Å². The van der Waals surface area contributed by atoms with Gasteiger partial charge in [0, 0.05) is 12.1 Å². The van der Waals surface area contributed by atoms with Crippen molar-refractivity contribution in [1.29, 1.82) is 0 Å². The molecule has 0 spiro atoms. The second-order valence-corrected chi connectivity index (χ2v) is 9.93. The molecule has 5 aliphatic rings. The maximum absolute atomic E-state index is 13.6. The lowest BCUT2D eigenvalue weighted by molar-refractivity contribution is -0.160. The summed E-state index contributed by atoms with van der Waals surface area (Å²) in [6, 6.07) is 17.0. The fraction of sp³-hybridized carbons (Fsp3) is 0.357. The van der Waals surface area contributed by atoms with Gasteiger partial charge in [0.25, 0.3) is 5.91 Å². The number of amides is 3. The molecule has 3 fully saturated rings. The predicted octanol–water partition coefficient (Wildman–Crippen LogP) is 2.83. The highest BCUT2D eigenvalue weighted by atomic mass is 16.5. The van der Waals surface area contributed by atoms with Gasteiger partial charge in [0.15, 0.2) is 6.61 Å². The number of rotatable bonds is 7. The monoisotopic (exact) mass is 470 g/mol. The SMILES string of the molecule is O=C(COC(=O)[C@@H](Cc1ccccc1)N1C(=O)[C@@H]2[C@@H]3C=C[C@H]([C@H]4C[C@H]34)[C@@H]2C1=O)Nc1ccccc1. The highest BCUT2D eigenvalue weighted by Crippen LogP contribution is 2.65. The van der Waals surface area contributed by atoms with E-state index in [1.165, 1.54) is 0 Å². The summed E-state index contributed by atoms with van der Waals surface area (Å²) in [6.07, 6.45) is 5.43. The number of para-hydroxylation sites is 1. The molecule has 7 rings (SSSR count). The number of carbonyl (C=O) groups is 4. The molecular formula is C28H26N2O5. The van der Waals surface area contributed by atoms with Crippen LogP contribution in [-0.4, -0.2) is 41.2 Å². The summed E-state index contributed by atoms with van der Waals surface area (Å²) in [6.45, 7) is -0.501. The molecule has 1 N–H and O–H groups in total. The Morgan fingerprint density at radius 2 is 1.46 bits per heavy atom. The lowest BCUT2D eigenvalue weighted by Gasteiger charge is -2.37. The molecule has 2 saturated carbocycles. The number of benzene rings is 2. The minimum absolute atomic E-state index is 0.0708. The zero-order valence-electron chi connectivity index (χ0n) is 19.1. The van der Waals surface area contributed by atoms with E-state index in [1.807, 2.05) is 36.4 Å². The molecule has 2 aromatic carbocycles. The van der Waals surface area contributed by atoms with Gasteiger partial charge in [0.05, 0.1) is 11.8 Å². The van der Waals surface area contributed by atoms with Crippen LogP contribution in [0.4, 0.5) is 5.69 Å². The van der Waals surface area contributed by atoms with Crippen LogP contribution in [-0.2, 0) is 30.3 Å². The van der Waals surface area contributed by atoms with E-state index in [2.05, 4.69) is 17.5 Å². The fourth-order valence-electron chi connectivity index (χ4n) is 6.36. The minimum atomic E-state index is -1.11. The molecule has 2 aromatic rings. The van der Waals surface area contributed by atoms with Gasteiger partial charge in [-0.1, -0.05) is 60.7 Å². The Balaban J connectivity index is 1.22. The topological polar surface area (TPSA) is 92.8 Å². The van der Waals surface area contributed by atoms with Crippen molar-refractivity contribution in [1.82, 2.24) is 4.90 Å². The molecular weight excluding hydrogens is 444 g/mol. The Bertz CT molecular complexity index is 1170. The molecule has 2 bridgehead atoms. The third-order valence-electron chi connectivity index (χ3n) is 7.96. The lowest BCUT2D eigenvalue weighted by atomic mass is 9.63. The van der Waals surface area contributed by atoms with Gasteiger partial charge in [0.2, 0.25) is 11.8 Å². The Kier molecular flexibility index (Phi) is 5.28. The zero-order valence-corrected chi connectivity index (χ0v) is 19.1. The van der Waals surface area contributed by atoms with Gasteiger partial charge < -0.3 is 10.1 Å². The number of anilines is 1. The molecule has 1 aliphatic heterocycles. The van der Waals surface area contributed by atoms with Crippen molar-refractivity contribution in [3.63, 3.8) is 0 Å². The summed E-state index contributed by atoms with van der Waals surface area (Å²) in [5.74, 6) is -1.49. The highest BCUT2D eigenvalue weighted by molar-refractivity contribution is 6.09. The largest absolute Gasteiger partial charge is 0.454 e. The quantitative estimate of drug-likeness (QED) is 0.382. The third kappa shape index (κ3) is 3.75.